The van der Waals surface area contributed by atoms with Crippen LogP contribution in [0.4, 0.5) is 0 Å². The number of nitrogens with two attached hydrogens (primary N) is 1. The second-order valence-electron chi connectivity index (χ2n) is 7.06. The number of aromatic nitrogens is 3. The van der Waals surface area contributed by atoms with Gasteiger partial charge in [-0.05, 0) is 61.5 Å². The van der Waals surface area contributed by atoms with Crippen molar-refractivity contribution in [1.82, 2.24) is 14.8 Å². The second kappa shape index (κ2) is 9.97. The lowest BCUT2D eigenvalue weighted by Gasteiger charge is -2.14. The number of methoxy groups -OCH3 is 1. The third kappa shape index (κ3) is 5.13. The molecule has 1 atom stereocenters. The maximum absolute atomic E-state index is 11.7. The molecule has 3 aromatic carbocycles. The van der Waals surface area contributed by atoms with Gasteiger partial charge in [0.1, 0.15) is 17.2 Å². The molecule has 1 amide bonds. The van der Waals surface area contributed by atoms with Crippen LogP contribution in [0.25, 0.3) is 17.1 Å². The summed E-state index contributed by atoms with van der Waals surface area (Å²) in [5.41, 5.74) is 6.92. The topological polar surface area (TPSA) is 92.3 Å². The van der Waals surface area contributed by atoms with Crippen molar-refractivity contribution in [2.45, 2.75) is 17.3 Å². The van der Waals surface area contributed by atoms with Crippen LogP contribution in [0.1, 0.15) is 6.92 Å². The number of rotatable bonds is 8. The van der Waals surface area contributed by atoms with Gasteiger partial charge in [0.2, 0.25) is 5.91 Å². The molecule has 4 aromatic rings. The Hall–Kier alpha value is -3.49. The zero-order chi connectivity index (χ0) is 23.4. The molecule has 1 heterocycles. The minimum atomic E-state index is -0.497. The predicted octanol–water partition coefficient (Wildman–Crippen LogP) is 5.35. The van der Waals surface area contributed by atoms with Crippen molar-refractivity contribution in [2.24, 2.45) is 5.73 Å². The molecule has 0 unspecified atom stereocenters. The standard InChI is InChI=1S/C24H21ClN4O3S/c1-15(22(26)30)33-24-28-27-23(20-14-16(25)8-13-21(20)31-2)29(24)17-9-11-19(12-10-17)32-18-6-4-3-5-7-18/h3-15H,1-2H3,(H2,26,30)/t15-/m0/s1. The molecule has 168 valence electrons. The summed E-state index contributed by atoms with van der Waals surface area (Å²) in [4.78, 5) is 11.7. The number of thioether (sulfide) groups is 1. The van der Waals surface area contributed by atoms with E-state index in [2.05, 4.69) is 10.2 Å². The lowest BCUT2D eigenvalue weighted by molar-refractivity contribution is -0.117. The number of carbonyl (C=O) groups is 1. The second-order valence-corrected chi connectivity index (χ2v) is 8.80. The van der Waals surface area contributed by atoms with Gasteiger partial charge >= 0.3 is 0 Å². The van der Waals surface area contributed by atoms with Crippen molar-refractivity contribution < 1.29 is 14.3 Å². The molecule has 0 saturated carbocycles. The quantitative estimate of drug-likeness (QED) is 0.341. The minimum Gasteiger partial charge on any atom is -0.496 e. The fourth-order valence-corrected chi connectivity index (χ4v) is 4.10. The molecule has 0 aliphatic rings. The number of hydrogen-bond donors (Lipinski definition) is 1. The number of benzene rings is 3. The van der Waals surface area contributed by atoms with Crippen LogP contribution in [0, 0.1) is 0 Å². The van der Waals surface area contributed by atoms with Crippen LogP contribution in [0.2, 0.25) is 5.02 Å². The first-order valence-electron chi connectivity index (χ1n) is 10.0. The van der Waals surface area contributed by atoms with Gasteiger partial charge in [0.15, 0.2) is 11.0 Å². The Kier molecular flexibility index (Phi) is 6.86. The van der Waals surface area contributed by atoms with Gasteiger partial charge in [-0.3, -0.25) is 9.36 Å². The zero-order valence-corrected chi connectivity index (χ0v) is 19.5. The largest absolute Gasteiger partial charge is 0.496 e. The molecule has 9 heteroatoms. The summed E-state index contributed by atoms with van der Waals surface area (Å²) in [6.45, 7) is 1.72. The highest BCUT2D eigenvalue weighted by Crippen LogP contribution is 2.36. The van der Waals surface area contributed by atoms with Crippen molar-refractivity contribution >= 4 is 29.3 Å². The number of carbonyl (C=O) groups excluding carboxylic acids is 1. The molecule has 1 aromatic heterocycles. The Morgan fingerprint density at radius 1 is 1.03 bits per heavy atom. The van der Waals surface area contributed by atoms with Crippen molar-refractivity contribution in [3.63, 3.8) is 0 Å². The number of nitrogens with zero attached hydrogens (tertiary/aromatic N) is 3. The summed E-state index contributed by atoms with van der Waals surface area (Å²) < 4.78 is 13.3. The molecule has 0 bridgehead atoms. The Balaban J connectivity index is 1.77. The monoisotopic (exact) mass is 480 g/mol. The van der Waals surface area contributed by atoms with Crippen molar-refractivity contribution in [3.05, 3.63) is 77.8 Å². The highest BCUT2D eigenvalue weighted by Gasteiger charge is 2.22. The van der Waals surface area contributed by atoms with Gasteiger partial charge < -0.3 is 15.2 Å². The van der Waals surface area contributed by atoms with Gasteiger partial charge in [0.25, 0.3) is 0 Å². The molecule has 4 rings (SSSR count). The van der Waals surface area contributed by atoms with Crippen molar-refractivity contribution in [3.8, 4) is 34.3 Å². The van der Waals surface area contributed by atoms with E-state index in [1.54, 1.807) is 32.2 Å². The summed E-state index contributed by atoms with van der Waals surface area (Å²) in [7, 11) is 1.58. The van der Waals surface area contributed by atoms with E-state index >= 15 is 0 Å². The van der Waals surface area contributed by atoms with Gasteiger partial charge in [-0.15, -0.1) is 10.2 Å². The molecule has 0 aliphatic heterocycles. The van der Waals surface area contributed by atoms with Crippen LogP contribution in [-0.2, 0) is 4.79 Å². The van der Waals surface area contributed by atoms with Gasteiger partial charge in [0, 0.05) is 5.02 Å². The number of primary amides is 1. The lowest BCUT2D eigenvalue weighted by Crippen LogP contribution is -2.23. The Morgan fingerprint density at radius 2 is 1.73 bits per heavy atom. The number of para-hydroxylation sites is 1. The molecule has 0 fully saturated rings. The van der Waals surface area contributed by atoms with Crippen LogP contribution < -0.4 is 15.2 Å². The Bertz CT molecular complexity index is 1260. The molecule has 7 nitrogen and oxygen atoms in total. The first kappa shape index (κ1) is 22.7. The summed E-state index contributed by atoms with van der Waals surface area (Å²) in [5.74, 6) is 2.09. The van der Waals surface area contributed by atoms with E-state index < -0.39 is 11.2 Å². The summed E-state index contributed by atoms with van der Waals surface area (Å²) in [6.07, 6.45) is 0. The first-order valence-corrected chi connectivity index (χ1v) is 11.3. The van der Waals surface area contributed by atoms with Crippen molar-refractivity contribution in [1.29, 1.82) is 0 Å². The molecule has 2 N–H and O–H groups in total. The first-order chi connectivity index (χ1) is 16.0. The van der Waals surface area contributed by atoms with Crippen LogP contribution in [0.5, 0.6) is 17.2 Å². The molecule has 33 heavy (non-hydrogen) atoms. The summed E-state index contributed by atoms with van der Waals surface area (Å²) in [5, 5.41) is 9.26. The Morgan fingerprint density at radius 3 is 2.39 bits per heavy atom. The van der Waals surface area contributed by atoms with E-state index in [1.165, 1.54) is 11.8 Å². The number of ether oxygens (including phenoxy) is 2. The maximum Gasteiger partial charge on any atom is 0.230 e. The third-order valence-electron chi connectivity index (χ3n) is 4.79. The average Bonchev–Trinajstić information content (AvgIpc) is 3.23. The van der Waals surface area contributed by atoms with Crippen LogP contribution >= 0.6 is 23.4 Å². The highest BCUT2D eigenvalue weighted by atomic mass is 35.5. The fourth-order valence-electron chi connectivity index (χ4n) is 3.11. The molecule has 0 radical (unpaired) electrons. The molecule has 0 aliphatic carbocycles. The maximum atomic E-state index is 11.7. The van der Waals surface area contributed by atoms with Gasteiger partial charge in [-0.25, -0.2) is 0 Å². The molecule has 0 spiro atoms. The van der Waals surface area contributed by atoms with Gasteiger partial charge in [-0.2, -0.15) is 0 Å². The number of amides is 1. The van der Waals surface area contributed by atoms with Crippen molar-refractivity contribution in [2.75, 3.05) is 7.11 Å². The zero-order valence-electron chi connectivity index (χ0n) is 17.9. The van der Waals surface area contributed by atoms with Gasteiger partial charge in [0.05, 0.1) is 23.6 Å². The molecule has 0 saturated heterocycles. The predicted molar refractivity (Wildman–Crippen MR) is 129 cm³/mol. The third-order valence-corrected chi connectivity index (χ3v) is 6.09. The van der Waals surface area contributed by atoms with Crippen LogP contribution in [-0.4, -0.2) is 33.0 Å². The smallest absolute Gasteiger partial charge is 0.230 e. The average molecular weight is 481 g/mol. The molecular formula is C24H21ClN4O3S. The SMILES string of the molecule is COc1ccc(Cl)cc1-c1nnc(S[C@@H](C)C(N)=O)n1-c1ccc(Oc2ccccc2)cc1. The summed E-state index contributed by atoms with van der Waals surface area (Å²) >= 11 is 7.48. The van der Waals surface area contributed by atoms with Crippen LogP contribution in [0.3, 0.4) is 0 Å². The van der Waals surface area contributed by atoms with E-state index in [1.807, 2.05) is 59.2 Å². The van der Waals surface area contributed by atoms with E-state index in [4.69, 9.17) is 26.8 Å². The number of halogens is 1. The van der Waals surface area contributed by atoms with E-state index in [9.17, 15) is 4.79 Å². The minimum absolute atomic E-state index is 0.442. The highest BCUT2D eigenvalue weighted by molar-refractivity contribution is 8.00. The lowest BCUT2D eigenvalue weighted by atomic mass is 10.2. The van der Waals surface area contributed by atoms with Gasteiger partial charge in [-0.1, -0.05) is 41.6 Å². The van der Waals surface area contributed by atoms with E-state index in [0.717, 1.165) is 11.4 Å². The fraction of sp³-hybridized carbons (Fsp3) is 0.125. The molecular weight excluding hydrogens is 460 g/mol. The number of hydrogen-bond acceptors (Lipinski definition) is 6. The normalized spacial score (nSPS) is 11.7. The van der Waals surface area contributed by atoms with Crippen LogP contribution in [0.15, 0.2) is 78.0 Å². The summed E-state index contributed by atoms with van der Waals surface area (Å²) in [6, 6.07) is 22.3. The van der Waals surface area contributed by atoms with E-state index in [0.29, 0.717) is 33.1 Å². The Labute approximate surface area is 200 Å². The van der Waals surface area contributed by atoms with E-state index in [-0.39, 0.29) is 0 Å².